The van der Waals surface area contributed by atoms with Crippen molar-refractivity contribution in [3.05, 3.63) is 143 Å². The van der Waals surface area contributed by atoms with Crippen LogP contribution in [0.25, 0.3) is 12.2 Å². The van der Waals surface area contributed by atoms with Gasteiger partial charge < -0.3 is 37.9 Å². The van der Waals surface area contributed by atoms with Gasteiger partial charge in [-0.1, -0.05) is 83.9 Å². The molecule has 0 saturated carbocycles. The van der Waals surface area contributed by atoms with Crippen molar-refractivity contribution < 1.29 is 66.7 Å². The molecule has 4 aromatic rings. The van der Waals surface area contributed by atoms with E-state index in [0.717, 1.165) is 112 Å². The molecule has 0 amide bonds. The summed E-state index contributed by atoms with van der Waals surface area (Å²) in [5, 5.41) is 8.48. The number of benzene rings is 4. The molecule has 1 N–H and O–H groups in total. The van der Waals surface area contributed by atoms with E-state index in [1.807, 2.05) is 53.7 Å². The van der Waals surface area contributed by atoms with E-state index in [0.29, 0.717) is 72.7 Å². The summed E-state index contributed by atoms with van der Waals surface area (Å²) in [4.78, 5) is 71.8. The van der Waals surface area contributed by atoms with E-state index in [-0.39, 0.29) is 39.3 Å². The fourth-order valence-electron chi connectivity index (χ4n) is 7.29. The van der Waals surface area contributed by atoms with Crippen molar-refractivity contribution in [3.63, 3.8) is 0 Å². The van der Waals surface area contributed by atoms with Gasteiger partial charge in [-0.3, -0.25) is 4.79 Å². The van der Waals surface area contributed by atoms with Crippen molar-refractivity contribution in [2.24, 2.45) is 5.41 Å². The molecule has 0 heterocycles. The summed E-state index contributed by atoms with van der Waals surface area (Å²) < 4.78 is 48.8. The van der Waals surface area contributed by atoms with Gasteiger partial charge >= 0.3 is 56.3 Å². The fourth-order valence-corrected chi connectivity index (χ4v) is 7.29. The van der Waals surface area contributed by atoms with Gasteiger partial charge in [0.1, 0.15) is 29.6 Å². The second-order valence-corrected chi connectivity index (χ2v) is 20.0. The van der Waals surface area contributed by atoms with Crippen molar-refractivity contribution in [3.8, 4) is 29.1 Å². The Balaban J connectivity index is 0.000000807. The first-order valence-electron chi connectivity index (χ1n) is 28.4. The Hall–Kier alpha value is -7.59. The monoisotopic (exact) mass is 1170 g/mol. The van der Waals surface area contributed by atoms with Crippen LogP contribution >= 0.6 is 0 Å². The van der Waals surface area contributed by atoms with E-state index < -0.39 is 23.3 Å². The Labute approximate surface area is 507 Å². The predicted molar refractivity (Wildman–Crippen MR) is 327 cm³/mol. The number of rotatable bonds is 35. The van der Waals surface area contributed by atoms with E-state index in [1.165, 1.54) is 12.2 Å². The molecule has 4 aromatic carbocycles. The number of nitriles is 1. The molecule has 0 fully saturated rings. The number of hydrogen-bond acceptors (Lipinski definition) is 16. The molecule has 0 aliphatic rings. The van der Waals surface area contributed by atoms with Crippen LogP contribution in [-0.2, 0) is 38.1 Å². The molecule has 16 nitrogen and oxygen atoms in total. The fraction of sp³-hybridized carbons (Fsp3) is 0.439. The number of carbonyl (C=O) groups is 6. The summed E-state index contributed by atoms with van der Waals surface area (Å²) >= 11 is 1.67. The average molecular weight is 1170 g/mol. The van der Waals surface area contributed by atoms with Crippen LogP contribution in [0, 0.1) is 34.9 Å². The molecular weight excluding hydrogens is 1080 g/mol. The van der Waals surface area contributed by atoms with Gasteiger partial charge in [0, 0.05) is 26.1 Å². The van der Waals surface area contributed by atoms with E-state index >= 15 is 0 Å². The first-order valence-corrected chi connectivity index (χ1v) is 29.0. The Morgan fingerprint density at radius 2 is 0.952 bits per heavy atom. The normalized spacial score (nSPS) is 10.6. The van der Waals surface area contributed by atoms with Crippen LogP contribution in [0.2, 0.25) is 0 Å². The number of aryl methyl sites for hydroxylation is 2. The molecule has 0 aliphatic carbocycles. The zero-order valence-electron chi connectivity index (χ0n) is 50.3. The molecule has 0 aliphatic heterocycles. The third kappa shape index (κ3) is 31.7. The van der Waals surface area contributed by atoms with Crippen LogP contribution in [0.3, 0.4) is 0 Å². The van der Waals surface area contributed by atoms with Crippen molar-refractivity contribution >= 4 is 72.5 Å². The van der Waals surface area contributed by atoms with Crippen molar-refractivity contribution in [2.45, 2.75) is 145 Å². The minimum atomic E-state index is -0.525. The van der Waals surface area contributed by atoms with Crippen LogP contribution in [0.4, 0.5) is 0 Å². The van der Waals surface area contributed by atoms with E-state index in [2.05, 4.69) is 6.58 Å². The van der Waals surface area contributed by atoms with Gasteiger partial charge in [-0.25, -0.2) is 24.0 Å². The minimum absolute atomic E-state index is 0. The summed E-state index contributed by atoms with van der Waals surface area (Å²) in [6.07, 6.45) is 19.9. The Morgan fingerprint density at radius 1 is 0.560 bits per heavy atom. The maximum atomic E-state index is 12.6. The summed E-state index contributed by atoms with van der Waals surface area (Å²) in [5.41, 5.74) is 3.94. The van der Waals surface area contributed by atoms with E-state index in [9.17, 15) is 28.8 Å². The number of esters is 6. The maximum absolute atomic E-state index is 12.6. The molecule has 0 spiro atoms. The Kier molecular flexibility index (Phi) is 39.0. The number of ether oxygens (including phenoxy) is 8. The third-order valence-corrected chi connectivity index (χ3v) is 12.6. The summed E-state index contributed by atoms with van der Waals surface area (Å²) in [6.45, 7) is 19.2. The van der Waals surface area contributed by atoms with Crippen LogP contribution < -0.4 is 18.9 Å². The number of hydrogen-bond donors (Lipinski definition) is 1. The first kappa shape index (κ1) is 74.4. The van der Waals surface area contributed by atoms with Crippen molar-refractivity contribution in [1.29, 1.82) is 9.61 Å². The molecule has 84 heavy (non-hydrogen) atoms. The number of carbonyl (C=O) groups excluding carboxylic acids is 6. The van der Waals surface area contributed by atoms with Gasteiger partial charge in [0.15, 0.2) is 0 Å². The molecule has 448 valence electrons. The quantitative estimate of drug-likeness (QED) is 0.0113. The van der Waals surface area contributed by atoms with Crippen LogP contribution in [-0.4, -0.2) is 100.0 Å². The Bertz CT molecular complexity index is 2750. The average Bonchev–Trinajstić information content (AvgIpc) is 3.70. The molecule has 0 atom stereocenters. The predicted octanol–water partition coefficient (Wildman–Crippen LogP) is 13.9. The molecule has 4 radical (unpaired) electrons. The summed E-state index contributed by atoms with van der Waals surface area (Å²) in [5.74, 6) is 0.00942. The van der Waals surface area contributed by atoms with Gasteiger partial charge in [-0.2, -0.15) is 5.26 Å². The third-order valence-electron chi connectivity index (χ3n) is 12.6. The van der Waals surface area contributed by atoms with Crippen LogP contribution in [0.5, 0.6) is 23.0 Å². The van der Waals surface area contributed by atoms with Gasteiger partial charge in [0.05, 0.1) is 62.1 Å². The second kappa shape index (κ2) is 44.0. The number of nitrogens with one attached hydrogen (secondary N) is 1. The van der Waals surface area contributed by atoms with E-state index in [4.69, 9.17) is 47.5 Å². The standard InChI is InChI=1S/C34H46O7.C32H37NO7.Al.B.HN/c1-6-22-39-31(35)21-15-27-14-20-30(26(3)25-27)41-32(36)28-16-18-29(19-17-28)38-23-12-10-8-9-11-13-24-40-33(37)34(4,5)7-2;1-24(2)31(35)39-21-9-7-5-4-6-8-20-37-28-15-13-27(14-16-28)32(36)40-29-17-11-26(23-25(29)3)12-18-30(34)38-22-10-19-33;;;/h14-21,25H,6-13,22-24H2,1-5H3;11-18,23H,1,4-10,20-22H2,2-3H3;;;1H/b21-15+;18-12+;;;. The number of unbranched alkanes of at least 4 members (excludes halogenated alkanes) is 10. The molecule has 0 saturated heterocycles. The molecule has 4 rings (SSSR count). The van der Waals surface area contributed by atoms with Crippen molar-refractivity contribution in [1.82, 2.24) is 0 Å². The first-order chi connectivity index (χ1) is 40.0. The summed E-state index contributed by atoms with van der Waals surface area (Å²) in [6, 6.07) is 26.2. The molecule has 0 unspecified atom stereocenters. The van der Waals surface area contributed by atoms with Gasteiger partial charge in [0.2, 0.25) is 0 Å². The van der Waals surface area contributed by atoms with E-state index in [1.54, 1.807) is 114 Å². The molecular formula is C66H84AlBN2O14. The molecule has 0 bridgehead atoms. The Morgan fingerprint density at radius 3 is 1.33 bits per heavy atom. The second-order valence-electron chi connectivity index (χ2n) is 20.0. The van der Waals surface area contributed by atoms with Crippen LogP contribution in [0.15, 0.2) is 109 Å². The topological polar surface area (TPSA) is 224 Å². The van der Waals surface area contributed by atoms with Crippen LogP contribution in [0.1, 0.15) is 174 Å². The molecule has 18 heteroatoms. The zero-order valence-corrected chi connectivity index (χ0v) is 51.4. The molecule has 0 aromatic heterocycles. The van der Waals surface area contributed by atoms with Gasteiger partial charge in [-0.15, -0.1) is 0 Å². The zero-order chi connectivity index (χ0) is 61.3. The SMILES string of the molecule is C=C(C)C(=O)OCCCCCCCCOc1ccc(C(=O)Oc2ccc(/C=C/C(=O)OCCC#N)cc2C)cc1.CCCOC(=O)/C=C/c1ccc(OC(=O)c2ccc(OCCCCCCCCOC(=O)C(C)(C)CC)cc2)c(C)c1.[B].[NH]=[Al]. The van der Waals surface area contributed by atoms with Gasteiger partial charge in [0.25, 0.3) is 0 Å². The van der Waals surface area contributed by atoms with Crippen molar-refractivity contribution in [2.75, 3.05) is 39.6 Å². The summed E-state index contributed by atoms with van der Waals surface area (Å²) in [7, 11) is 0. The number of nitrogens with zero attached hydrogens (tertiary/aromatic N) is 1. The van der Waals surface area contributed by atoms with Gasteiger partial charge in [-0.05, 0) is 180 Å².